The lowest BCUT2D eigenvalue weighted by molar-refractivity contribution is 1.30. The molecule has 0 unspecified atom stereocenters. The van der Waals surface area contributed by atoms with Crippen molar-refractivity contribution < 1.29 is 0 Å². The molecule has 0 bridgehead atoms. The Bertz CT molecular complexity index is 2740. The Morgan fingerprint density at radius 1 is 0.404 bits per heavy atom. The minimum absolute atomic E-state index is 1.12. The molecule has 8 aromatic carbocycles. The molecule has 3 heteroatoms. The van der Waals surface area contributed by atoms with Crippen molar-refractivity contribution in [2.75, 3.05) is 4.90 Å². The zero-order valence-corrected chi connectivity index (χ0v) is 26.3. The van der Waals surface area contributed by atoms with Crippen molar-refractivity contribution in [1.29, 1.82) is 0 Å². The lowest BCUT2D eigenvalue weighted by Crippen LogP contribution is -2.10. The summed E-state index contributed by atoms with van der Waals surface area (Å²) in [5.41, 5.74) is 8.08. The van der Waals surface area contributed by atoms with Crippen LogP contribution in [0.1, 0.15) is 0 Å². The van der Waals surface area contributed by atoms with E-state index in [2.05, 4.69) is 174 Å². The van der Waals surface area contributed by atoms with Crippen molar-refractivity contribution in [2.24, 2.45) is 0 Å². The Morgan fingerprint density at radius 3 is 1.77 bits per heavy atom. The van der Waals surface area contributed by atoms with E-state index < -0.39 is 0 Å². The van der Waals surface area contributed by atoms with Gasteiger partial charge in [0.25, 0.3) is 0 Å². The fraction of sp³-hybridized carbons (Fsp3) is 0. The molecule has 10 aromatic rings. The summed E-state index contributed by atoms with van der Waals surface area (Å²) >= 11 is 1.86. The highest BCUT2D eigenvalue weighted by atomic mass is 32.1. The Labute approximate surface area is 275 Å². The van der Waals surface area contributed by atoms with Gasteiger partial charge in [0, 0.05) is 59.1 Å². The summed E-state index contributed by atoms with van der Waals surface area (Å²) in [6.45, 7) is 0. The topological polar surface area (TPSA) is 19.0 Å². The third-order valence-corrected chi connectivity index (χ3v) is 10.7. The van der Waals surface area contributed by atoms with Gasteiger partial charge in [-0.2, -0.15) is 0 Å². The quantitative estimate of drug-likeness (QED) is 0.208. The van der Waals surface area contributed by atoms with Crippen molar-refractivity contribution in [3.63, 3.8) is 0 Å². The van der Waals surface area contributed by atoms with Gasteiger partial charge >= 0.3 is 0 Å². The summed E-state index contributed by atoms with van der Waals surface area (Å²) < 4.78 is 2.64. The smallest absolute Gasteiger partial charge is 0.0546 e. The van der Waals surface area contributed by atoms with Gasteiger partial charge in [0.05, 0.1) is 5.52 Å². The van der Waals surface area contributed by atoms with Gasteiger partial charge in [-0.3, -0.25) is 0 Å². The number of nitrogens with one attached hydrogen (secondary N) is 1. The number of nitrogens with zero attached hydrogens (tertiary/aromatic N) is 1. The Balaban J connectivity index is 1.28. The number of aromatic amines is 1. The zero-order valence-electron chi connectivity index (χ0n) is 25.4. The zero-order chi connectivity index (χ0) is 30.9. The molecular weight excluding hydrogens is 589 g/mol. The number of thiophene rings is 1. The lowest BCUT2D eigenvalue weighted by atomic mass is 9.98. The van der Waals surface area contributed by atoms with Crippen molar-refractivity contribution >= 4 is 91.9 Å². The summed E-state index contributed by atoms with van der Waals surface area (Å²) in [5, 5.41) is 9.97. The summed E-state index contributed by atoms with van der Waals surface area (Å²) in [4.78, 5) is 6.22. The van der Waals surface area contributed by atoms with E-state index in [1.807, 2.05) is 11.3 Å². The molecular formula is C44H28N2S. The van der Waals surface area contributed by atoms with E-state index in [1.54, 1.807) is 0 Å². The molecule has 220 valence electrons. The van der Waals surface area contributed by atoms with Crippen LogP contribution < -0.4 is 4.90 Å². The third-order valence-electron chi connectivity index (χ3n) is 9.53. The molecule has 0 amide bonds. The number of benzene rings is 8. The summed E-state index contributed by atoms with van der Waals surface area (Å²) in [5.74, 6) is 0. The van der Waals surface area contributed by atoms with Crippen LogP contribution in [0.4, 0.5) is 17.1 Å². The van der Waals surface area contributed by atoms with E-state index in [4.69, 9.17) is 0 Å². The van der Waals surface area contributed by atoms with E-state index in [0.717, 1.165) is 28.1 Å². The van der Waals surface area contributed by atoms with Crippen LogP contribution in [-0.4, -0.2) is 4.98 Å². The van der Waals surface area contributed by atoms with Crippen LogP contribution >= 0.6 is 11.3 Å². The number of anilines is 3. The van der Waals surface area contributed by atoms with E-state index in [-0.39, 0.29) is 0 Å². The minimum Gasteiger partial charge on any atom is -0.354 e. The molecule has 0 saturated carbocycles. The third kappa shape index (κ3) is 4.25. The van der Waals surface area contributed by atoms with Crippen LogP contribution in [0.15, 0.2) is 164 Å². The van der Waals surface area contributed by atoms with E-state index in [9.17, 15) is 0 Å². The van der Waals surface area contributed by atoms with E-state index in [0.29, 0.717) is 0 Å². The highest BCUT2D eigenvalue weighted by molar-refractivity contribution is 7.25. The molecule has 0 aliphatic carbocycles. The van der Waals surface area contributed by atoms with Gasteiger partial charge in [0.15, 0.2) is 0 Å². The average molecular weight is 617 g/mol. The predicted molar refractivity (Wildman–Crippen MR) is 204 cm³/mol. The highest BCUT2D eigenvalue weighted by Gasteiger charge is 2.19. The molecule has 2 aromatic heterocycles. The molecule has 47 heavy (non-hydrogen) atoms. The van der Waals surface area contributed by atoms with Gasteiger partial charge in [0.1, 0.15) is 0 Å². The van der Waals surface area contributed by atoms with Gasteiger partial charge in [-0.25, -0.2) is 0 Å². The first-order valence-corrected chi connectivity index (χ1v) is 16.8. The highest BCUT2D eigenvalue weighted by Crippen LogP contribution is 2.44. The molecule has 0 radical (unpaired) electrons. The lowest BCUT2D eigenvalue weighted by Gasteiger charge is -2.27. The van der Waals surface area contributed by atoms with Crippen LogP contribution in [-0.2, 0) is 0 Å². The number of hydrogen-bond donors (Lipinski definition) is 1. The predicted octanol–water partition coefficient (Wildman–Crippen LogP) is 13.1. The number of para-hydroxylation sites is 1. The first-order valence-electron chi connectivity index (χ1n) is 16.0. The fourth-order valence-electron chi connectivity index (χ4n) is 7.26. The van der Waals surface area contributed by atoms with Gasteiger partial charge in [0.2, 0.25) is 0 Å². The molecule has 0 atom stereocenters. The maximum Gasteiger partial charge on any atom is 0.0546 e. The minimum atomic E-state index is 1.12. The number of hydrogen-bond acceptors (Lipinski definition) is 2. The summed E-state index contributed by atoms with van der Waals surface area (Å²) in [6.07, 6.45) is 0. The molecule has 2 heterocycles. The summed E-state index contributed by atoms with van der Waals surface area (Å²) in [7, 11) is 0. The molecule has 0 aliphatic heterocycles. The second kappa shape index (κ2) is 10.3. The molecule has 0 spiro atoms. The van der Waals surface area contributed by atoms with E-state index >= 15 is 0 Å². The Morgan fingerprint density at radius 2 is 1.02 bits per heavy atom. The molecule has 2 nitrogen and oxygen atoms in total. The normalized spacial score (nSPS) is 11.8. The molecule has 1 N–H and O–H groups in total. The van der Waals surface area contributed by atoms with Gasteiger partial charge in [-0.1, -0.05) is 103 Å². The number of rotatable bonds is 4. The van der Waals surface area contributed by atoms with Crippen molar-refractivity contribution in [3.05, 3.63) is 164 Å². The second-order valence-electron chi connectivity index (χ2n) is 12.3. The number of fused-ring (bicyclic) bond motifs is 8. The van der Waals surface area contributed by atoms with Crippen LogP contribution in [0.3, 0.4) is 0 Å². The number of aromatic nitrogens is 1. The first kappa shape index (κ1) is 26.3. The van der Waals surface area contributed by atoms with Crippen molar-refractivity contribution in [2.45, 2.75) is 0 Å². The standard InChI is InChI=1S/C44H28N2S/c1-3-11-30-23-33(20-17-28(30)9-1)46(34-21-18-29-10-2-4-12-31(29)24-34)35-26-38(44-40(27-35)36-13-5-7-15-41(36)45-44)32-19-22-43-39(25-32)37-14-6-8-16-42(37)47-43/h1-27,45H. The molecule has 0 aliphatic rings. The number of H-pyrrole nitrogens is 1. The fourth-order valence-corrected chi connectivity index (χ4v) is 8.35. The Kier molecular flexibility index (Phi) is 5.78. The van der Waals surface area contributed by atoms with Gasteiger partial charge in [-0.05, 0) is 87.8 Å². The van der Waals surface area contributed by atoms with Crippen molar-refractivity contribution in [1.82, 2.24) is 4.98 Å². The first-order chi connectivity index (χ1) is 23.3. The summed E-state index contributed by atoms with van der Waals surface area (Å²) in [6, 6.07) is 59.9. The van der Waals surface area contributed by atoms with E-state index in [1.165, 1.54) is 63.6 Å². The van der Waals surface area contributed by atoms with Crippen LogP contribution in [0.5, 0.6) is 0 Å². The maximum absolute atomic E-state index is 3.80. The molecule has 10 rings (SSSR count). The van der Waals surface area contributed by atoms with Crippen molar-refractivity contribution in [3.8, 4) is 11.1 Å². The molecule has 0 fully saturated rings. The van der Waals surface area contributed by atoms with Gasteiger partial charge in [-0.15, -0.1) is 11.3 Å². The van der Waals surface area contributed by atoms with Crippen LogP contribution in [0.2, 0.25) is 0 Å². The van der Waals surface area contributed by atoms with Crippen LogP contribution in [0, 0.1) is 0 Å². The maximum atomic E-state index is 3.80. The van der Waals surface area contributed by atoms with Gasteiger partial charge < -0.3 is 9.88 Å². The average Bonchev–Trinajstić information content (AvgIpc) is 3.69. The SMILES string of the molecule is c1ccc2cc(N(c3ccc4ccccc4c3)c3cc(-c4ccc5sc6ccccc6c5c4)c4[nH]c5ccccc5c4c3)ccc2c1. The van der Waals surface area contributed by atoms with Crippen LogP contribution in [0.25, 0.3) is 74.6 Å². The largest absolute Gasteiger partial charge is 0.354 e. The Hall–Kier alpha value is -5.90. The second-order valence-corrected chi connectivity index (χ2v) is 13.4. The monoisotopic (exact) mass is 616 g/mol. The molecule has 0 saturated heterocycles.